The van der Waals surface area contributed by atoms with E-state index in [0.717, 1.165) is 0 Å². The number of amides is 1. The summed E-state index contributed by atoms with van der Waals surface area (Å²) in [5.41, 5.74) is -0.580. The molecule has 5 aromatic rings. The van der Waals surface area contributed by atoms with E-state index >= 15 is 0 Å². The largest absolute Gasteiger partial charge is 0.504 e. The molecule has 0 saturated carbocycles. The van der Waals surface area contributed by atoms with Crippen LogP contribution in [0.15, 0.2) is 74.7 Å². The smallest absolute Gasteiger partial charge is 0.252 e. The van der Waals surface area contributed by atoms with Crippen LogP contribution in [0.3, 0.4) is 0 Å². The molecule has 220 valence electrons. The van der Waals surface area contributed by atoms with Gasteiger partial charge in [-0.3, -0.25) is 14.4 Å². The molecule has 0 radical (unpaired) electrons. The summed E-state index contributed by atoms with van der Waals surface area (Å²) in [7, 11) is 1.51. The van der Waals surface area contributed by atoms with Crippen molar-refractivity contribution in [1.29, 1.82) is 0 Å². The minimum atomic E-state index is -1.21. The van der Waals surface area contributed by atoms with Gasteiger partial charge in [0.2, 0.25) is 11.7 Å². The number of nitrogens with one attached hydrogen (secondary N) is 1. The van der Waals surface area contributed by atoms with Crippen LogP contribution in [0.4, 0.5) is 0 Å². The van der Waals surface area contributed by atoms with Crippen molar-refractivity contribution in [3.8, 4) is 34.3 Å². The molecule has 1 amide bonds. The van der Waals surface area contributed by atoms with E-state index in [1.165, 1.54) is 13.2 Å². The van der Waals surface area contributed by atoms with Gasteiger partial charge in [-0.05, 0) is 24.3 Å². The average molecular weight is 585 g/mol. The molecule has 2 aromatic heterocycles. The summed E-state index contributed by atoms with van der Waals surface area (Å²) < 4.78 is 16.9. The fraction of sp³-hybridized carbons (Fsp3) is 0.219. The van der Waals surface area contributed by atoms with Gasteiger partial charge in [-0.1, -0.05) is 30.3 Å². The molecule has 0 spiro atoms. The molecule has 11 heteroatoms. The zero-order chi connectivity index (χ0) is 30.2. The molecule has 1 atom stereocenters. The van der Waals surface area contributed by atoms with Gasteiger partial charge in [0.25, 0.3) is 5.56 Å². The Morgan fingerprint density at radius 2 is 1.72 bits per heavy atom. The maximum absolute atomic E-state index is 13.6. The number of methoxy groups -OCH3 is 1. The van der Waals surface area contributed by atoms with Gasteiger partial charge in [0.1, 0.15) is 22.5 Å². The van der Waals surface area contributed by atoms with Crippen molar-refractivity contribution in [2.24, 2.45) is 0 Å². The van der Waals surface area contributed by atoms with Crippen molar-refractivity contribution in [3.05, 3.63) is 92.4 Å². The third kappa shape index (κ3) is 5.04. The molecule has 6 rings (SSSR count). The first-order valence-corrected chi connectivity index (χ1v) is 13.6. The van der Waals surface area contributed by atoms with Crippen molar-refractivity contribution < 1.29 is 34.0 Å². The lowest BCUT2D eigenvalue weighted by atomic mass is 9.85. The van der Waals surface area contributed by atoms with Gasteiger partial charge in [0.15, 0.2) is 16.9 Å². The SMILES string of the molecule is COc1ccc2[nH]c(=O)c([C@H](CC(=O)N3CCOCC3)c3c(O)c(O)c(O)c4c(=O)cc(-c5ccccc5)oc34)cc2c1. The van der Waals surface area contributed by atoms with Gasteiger partial charge >= 0.3 is 0 Å². The van der Waals surface area contributed by atoms with Gasteiger partial charge in [-0.15, -0.1) is 0 Å². The molecule has 0 unspecified atom stereocenters. The molecule has 1 fully saturated rings. The van der Waals surface area contributed by atoms with Crippen LogP contribution in [0.2, 0.25) is 0 Å². The Kier molecular flexibility index (Phi) is 7.24. The summed E-state index contributed by atoms with van der Waals surface area (Å²) in [5.74, 6) is -3.56. The number of hydrogen-bond donors (Lipinski definition) is 4. The highest BCUT2D eigenvalue weighted by atomic mass is 16.5. The average Bonchev–Trinajstić information content (AvgIpc) is 3.03. The first kappa shape index (κ1) is 27.9. The number of H-pyrrole nitrogens is 1. The lowest BCUT2D eigenvalue weighted by Crippen LogP contribution is -2.41. The Labute approximate surface area is 244 Å². The summed E-state index contributed by atoms with van der Waals surface area (Å²) >= 11 is 0. The van der Waals surface area contributed by atoms with Crippen LogP contribution in [0.25, 0.3) is 33.2 Å². The number of aromatic hydroxyl groups is 3. The highest BCUT2D eigenvalue weighted by molar-refractivity contribution is 5.94. The van der Waals surface area contributed by atoms with Crippen LogP contribution in [0, 0.1) is 0 Å². The van der Waals surface area contributed by atoms with Crippen LogP contribution >= 0.6 is 0 Å². The minimum absolute atomic E-state index is 0.0665. The van der Waals surface area contributed by atoms with Gasteiger partial charge < -0.3 is 39.1 Å². The van der Waals surface area contributed by atoms with E-state index in [1.807, 2.05) is 0 Å². The Balaban J connectivity index is 1.65. The standard InChI is InChI=1S/C32H28N2O9/c1-41-19-7-8-22-18(13-19)14-21(32(40)33-22)20(15-25(36)34-9-11-42-12-10-34)26-28(37)30(39)29(38)27-23(35)16-24(43-31(26)27)17-5-3-2-4-6-17/h2-8,13-14,16,20,37-39H,9-12,15H2,1H3,(H,33,40)/t20-/m0/s1. The topological polar surface area (TPSA) is 163 Å². The summed E-state index contributed by atoms with van der Waals surface area (Å²) in [4.78, 5) is 45.0. The molecule has 1 saturated heterocycles. The second kappa shape index (κ2) is 11.2. The number of ether oxygens (including phenoxy) is 2. The van der Waals surface area contributed by atoms with Gasteiger partial charge in [-0.25, -0.2) is 0 Å². The Bertz CT molecular complexity index is 1980. The first-order chi connectivity index (χ1) is 20.8. The number of phenols is 3. The van der Waals surface area contributed by atoms with E-state index in [9.17, 15) is 29.7 Å². The maximum atomic E-state index is 13.6. The van der Waals surface area contributed by atoms with Crippen molar-refractivity contribution in [2.45, 2.75) is 12.3 Å². The van der Waals surface area contributed by atoms with Crippen molar-refractivity contribution in [2.75, 3.05) is 33.4 Å². The number of hydrogen-bond acceptors (Lipinski definition) is 9. The molecule has 0 bridgehead atoms. The molecular weight excluding hydrogens is 556 g/mol. The number of benzene rings is 3. The zero-order valence-electron chi connectivity index (χ0n) is 23.1. The van der Waals surface area contributed by atoms with E-state index < -0.39 is 39.5 Å². The van der Waals surface area contributed by atoms with Crippen molar-refractivity contribution >= 4 is 27.8 Å². The van der Waals surface area contributed by atoms with Gasteiger partial charge in [0, 0.05) is 59.1 Å². The lowest BCUT2D eigenvalue weighted by Gasteiger charge is -2.29. The van der Waals surface area contributed by atoms with E-state index in [-0.39, 0.29) is 34.8 Å². The van der Waals surface area contributed by atoms with Crippen LogP contribution in [0.5, 0.6) is 23.0 Å². The second-order valence-corrected chi connectivity index (χ2v) is 10.3. The number of aromatic amines is 1. The van der Waals surface area contributed by atoms with Crippen LogP contribution in [0.1, 0.15) is 23.5 Å². The van der Waals surface area contributed by atoms with Crippen LogP contribution in [-0.4, -0.2) is 64.5 Å². The number of nitrogens with zero attached hydrogens (tertiary/aromatic N) is 1. The number of morpholine rings is 1. The number of phenolic OH excluding ortho intramolecular Hbond substituents is 3. The molecule has 3 aromatic carbocycles. The van der Waals surface area contributed by atoms with E-state index in [0.29, 0.717) is 48.5 Å². The molecule has 0 aliphatic carbocycles. The Morgan fingerprint density at radius 1 is 0.977 bits per heavy atom. The number of aromatic nitrogens is 1. The van der Waals surface area contributed by atoms with Gasteiger partial charge in [0.05, 0.1) is 20.3 Å². The fourth-order valence-corrected chi connectivity index (χ4v) is 5.51. The molecule has 11 nitrogen and oxygen atoms in total. The summed E-state index contributed by atoms with van der Waals surface area (Å²) in [6.07, 6.45) is -0.329. The fourth-order valence-electron chi connectivity index (χ4n) is 5.51. The summed E-state index contributed by atoms with van der Waals surface area (Å²) in [6, 6.07) is 16.5. The molecular formula is C32H28N2O9. The van der Waals surface area contributed by atoms with Crippen molar-refractivity contribution in [3.63, 3.8) is 0 Å². The number of fused-ring (bicyclic) bond motifs is 2. The number of pyridine rings is 1. The lowest BCUT2D eigenvalue weighted by molar-refractivity contribution is -0.135. The quantitative estimate of drug-likeness (QED) is 0.217. The minimum Gasteiger partial charge on any atom is -0.504 e. The molecule has 3 heterocycles. The highest BCUT2D eigenvalue weighted by Gasteiger charge is 2.34. The highest BCUT2D eigenvalue weighted by Crippen LogP contribution is 2.49. The predicted molar refractivity (Wildman–Crippen MR) is 158 cm³/mol. The van der Waals surface area contributed by atoms with Crippen LogP contribution < -0.4 is 15.7 Å². The monoisotopic (exact) mass is 584 g/mol. The third-order valence-electron chi connectivity index (χ3n) is 7.74. The summed E-state index contributed by atoms with van der Waals surface area (Å²) in [6.45, 7) is 1.35. The number of carbonyl (C=O) groups is 1. The first-order valence-electron chi connectivity index (χ1n) is 13.6. The number of rotatable bonds is 6. The Hall–Kier alpha value is -5.29. The van der Waals surface area contributed by atoms with Gasteiger partial charge in [-0.2, -0.15) is 0 Å². The second-order valence-electron chi connectivity index (χ2n) is 10.3. The Morgan fingerprint density at radius 3 is 2.44 bits per heavy atom. The van der Waals surface area contributed by atoms with Crippen LogP contribution in [-0.2, 0) is 9.53 Å². The summed E-state index contributed by atoms with van der Waals surface area (Å²) in [5, 5.41) is 33.1. The maximum Gasteiger partial charge on any atom is 0.252 e. The van der Waals surface area contributed by atoms with E-state index in [4.69, 9.17) is 13.9 Å². The predicted octanol–water partition coefficient (Wildman–Crippen LogP) is 3.81. The molecule has 1 aliphatic heterocycles. The zero-order valence-corrected chi connectivity index (χ0v) is 23.1. The number of carbonyl (C=O) groups excluding carboxylic acids is 1. The molecule has 4 N–H and O–H groups in total. The third-order valence-corrected chi connectivity index (χ3v) is 7.74. The normalized spacial score (nSPS) is 14.2. The molecule has 1 aliphatic rings. The van der Waals surface area contributed by atoms with Crippen molar-refractivity contribution in [1.82, 2.24) is 9.88 Å². The van der Waals surface area contributed by atoms with E-state index in [2.05, 4.69) is 4.98 Å². The van der Waals surface area contributed by atoms with E-state index in [1.54, 1.807) is 59.5 Å². The molecule has 43 heavy (non-hydrogen) atoms.